The largest absolute Gasteiger partial charge is 0.454 e. The smallest absolute Gasteiger partial charge is 0.231 e. The third kappa shape index (κ3) is 3.64. The van der Waals surface area contributed by atoms with E-state index in [1.807, 2.05) is 11.0 Å². The Morgan fingerprint density at radius 3 is 2.96 bits per heavy atom. The lowest BCUT2D eigenvalue weighted by molar-refractivity contribution is -0.137. The Hall–Kier alpha value is -2.63. The molecule has 6 heteroatoms. The first kappa shape index (κ1) is 16.8. The first-order valence-corrected chi connectivity index (χ1v) is 9.03. The Labute approximate surface area is 153 Å². The lowest BCUT2D eigenvalue weighted by Gasteiger charge is -2.40. The molecule has 4 rings (SSSR count). The molecule has 2 aromatic rings. The molecule has 1 aromatic heterocycles. The van der Waals surface area contributed by atoms with Gasteiger partial charge in [-0.2, -0.15) is 0 Å². The fourth-order valence-electron chi connectivity index (χ4n) is 3.80. The number of hydrogen-bond donors (Lipinski definition) is 0. The standard InChI is InChI=1S/C20H23N3O3/c1-20(11-15-2-3-17-18(10-15)26-14-25-17)6-4-19(24)23(13-20)9-5-16-12-21-7-8-22-16/h2-3,7-8,10,12H,4-6,9,11,13-14H2,1H3/t20-/m0/s1. The Morgan fingerprint density at radius 1 is 1.23 bits per heavy atom. The van der Waals surface area contributed by atoms with Gasteiger partial charge in [0.2, 0.25) is 12.7 Å². The van der Waals surface area contributed by atoms with Crippen LogP contribution in [-0.2, 0) is 17.6 Å². The lowest BCUT2D eigenvalue weighted by Crippen LogP contribution is -2.46. The van der Waals surface area contributed by atoms with Crippen molar-refractivity contribution < 1.29 is 14.3 Å². The van der Waals surface area contributed by atoms with Crippen LogP contribution in [0, 0.1) is 5.41 Å². The van der Waals surface area contributed by atoms with Gasteiger partial charge in [-0.25, -0.2) is 0 Å². The van der Waals surface area contributed by atoms with Crippen molar-refractivity contribution in [3.63, 3.8) is 0 Å². The zero-order chi connectivity index (χ0) is 18.0. The van der Waals surface area contributed by atoms with Crippen molar-refractivity contribution >= 4 is 5.91 Å². The van der Waals surface area contributed by atoms with Gasteiger partial charge in [-0.3, -0.25) is 14.8 Å². The lowest BCUT2D eigenvalue weighted by atomic mass is 9.76. The van der Waals surface area contributed by atoms with Gasteiger partial charge in [0.1, 0.15) is 0 Å². The van der Waals surface area contributed by atoms with E-state index in [0.29, 0.717) is 19.8 Å². The molecule has 136 valence electrons. The van der Waals surface area contributed by atoms with E-state index in [2.05, 4.69) is 29.0 Å². The van der Waals surface area contributed by atoms with Gasteiger partial charge in [0.25, 0.3) is 0 Å². The van der Waals surface area contributed by atoms with E-state index < -0.39 is 0 Å². The second kappa shape index (κ2) is 6.94. The molecule has 0 aliphatic carbocycles. The van der Waals surface area contributed by atoms with Gasteiger partial charge in [-0.15, -0.1) is 0 Å². The van der Waals surface area contributed by atoms with Crippen LogP contribution in [0.4, 0.5) is 0 Å². The Bertz CT molecular complexity index is 796. The highest BCUT2D eigenvalue weighted by atomic mass is 16.7. The summed E-state index contributed by atoms with van der Waals surface area (Å²) >= 11 is 0. The number of ether oxygens (including phenoxy) is 2. The number of likely N-dealkylation sites (tertiary alicyclic amines) is 1. The predicted molar refractivity (Wildman–Crippen MR) is 95.9 cm³/mol. The number of hydrogen-bond acceptors (Lipinski definition) is 5. The molecule has 0 unspecified atom stereocenters. The fourth-order valence-corrected chi connectivity index (χ4v) is 3.80. The van der Waals surface area contributed by atoms with Gasteiger partial charge in [-0.1, -0.05) is 13.0 Å². The number of benzene rings is 1. The molecule has 3 heterocycles. The van der Waals surface area contributed by atoms with Crippen LogP contribution in [0.15, 0.2) is 36.8 Å². The van der Waals surface area contributed by atoms with Crippen molar-refractivity contribution in [2.45, 2.75) is 32.6 Å². The van der Waals surface area contributed by atoms with Crippen LogP contribution in [0.5, 0.6) is 11.5 Å². The normalized spacial score (nSPS) is 21.9. The van der Waals surface area contributed by atoms with Crippen molar-refractivity contribution in [3.8, 4) is 11.5 Å². The van der Waals surface area contributed by atoms with Crippen LogP contribution in [0.25, 0.3) is 0 Å². The molecule has 6 nitrogen and oxygen atoms in total. The van der Waals surface area contributed by atoms with E-state index in [1.54, 1.807) is 18.6 Å². The molecule has 1 atom stereocenters. The number of carbonyl (C=O) groups is 1. The summed E-state index contributed by atoms with van der Waals surface area (Å²) < 4.78 is 10.9. The topological polar surface area (TPSA) is 64.6 Å². The SMILES string of the molecule is C[C@@]1(Cc2ccc3c(c2)OCO3)CCC(=O)N(CCc2cnccn2)C1. The first-order valence-electron chi connectivity index (χ1n) is 9.03. The molecule has 26 heavy (non-hydrogen) atoms. The number of nitrogens with zero attached hydrogens (tertiary/aromatic N) is 3. The Balaban J connectivity index is 1.42. The molecule has 1 amide bonds. The second-order valence-corrected chi connectivity index (χ2v) is 7.44. The molecular weight excluding hydrogens is 330 g/mol. The number of fused-ring (bicyclic) bond motifs is 1. The molecule has 0 spiro atoms. The first-order chi connectivity index (χ1) is 12.6. The minimum atomic E-state index is 0.0595. The zero-order valence-corrected chi connectivity index (χ0v) is 15.0. The molecule has 1 saturated heterocycles. The molecule has 0 saturated carbocycles. The second-order valence-electron chi connectivity index (χ2n) is 7.44. The van der Waals surface area contributed by atoms with Gasteiger partial charge < -0.3 is 14.4 Å². The van der Waals surface area contributed by atoms with E-state index in [4.69, 9.17) is 9.47 Å². The van der Waals surface area contributed by atoms with E-state index in [9.17, 15) is 4.79 Å². The number of amides is 1. The van der Waals surface area contributed by atoms with Crippen LogP contribution in [0.3, 0.4) is 0 Å². The van der Waals surface area contributed by atoms with Crippen LogP contribution in [0.2, 0.25) is 0 Å². The van der Waals surface area contributed by atoms with E-state index in [0.717, 1.165) is 43.0 Å². The number of piperidine rings is 1. The van der Waals surface area contributed by atoms with Gasteiger partial charge in [-0.05, 0) is 36.0 Å². The third-order valence-electron chi connectivity index (χ3n) is 5.19. The Kier molecular flexibility index (Phi) is 4.49. The van der Waals surface area contributed by atoms with Crippen molar-refractivity contribution in [3.05, 3.63) is 48.0 Å². The van der Waals surface area contributed by atoms with Gasteiger partial charge in [0, 0.05) is 44.5 Å². The maximum absolute atomic E-state index is 12.4. The van der Waals surface area contributed by atoms with Crippen LogP contribution >= 0.6 is 0 Å². The van der Waals surface area contributed by atoms with Crippen LogP contribution < -0.4 is 9.47 Å². The molecule has 0 bridgehead atoms. The van der Waals surface area contributed by atoms with Crippen molar-refractivity contribution in [2.75, 3.05) is 19.9 Å². The highest BCUT2D eigenvalue weighted by Crippen LogP contribution is 2.37. The van der Waals surface area contributed by atoms with E-state index in [1.165, 1.54) is 5.56 Å². The predicted octanol–water partition coefficient (Wildman–Crippen LogP) is 2.62. The monoisotopic (exact) mass is 353 g/mol. The Morgan fingerprint density at radius 2 is 2.12 bits per heavy atom. The van der Waals surface area contributed by atoms with E-state index in [-0.39, 0.29) is 11.3 Å². The quantitative estimate of drug-likeness (QED) is 0.827. The van der Waals surface area contributed by atoms with Gasteiger partial charge >= 0.3 is 0 Å². The van der Waals surface area contributed by atoms with Gasteiger partial charge in [0.15, 0.2) is 11.5 Å². The highest BCUT2D eigenvalue weighted by molar-refractivity contribution is 5.77. The number of aromatic nitrogens is 2. The number of carbonyl (C=O) groups excluding carboxylic acids is 1. The summed E-state index contributed by atoms with van der Waals surface area (Å²) in [5.74, 6) is 1.86. The number of rotatable bonds is 5. The summed E-state index contributed by atoms with van der Waals surface area (Å²) in [5, 5.41) is 0. The summed E-state index contributed by atoms with van der Waals surface area (Å²) in [6.45, 7) is 4.01. The minimum absolute atomic E-state index is 0.0595. The average Bonchev–Trinajstić information content (AvgIpc) is 3.11. The maximum atomic E-state index is 12.4. The zero-order valence-electron chi connectivity index (χ0n) is 15.0. The summed E-state index contributed by atoms with van der Waals surface area (Å²) in [4.78, 5) is 22.7. The highest BCUT2D eigenvalue weighted by Gasteiger charge is 2.35. The van der Waals surface area contributed by atoms with Crippen LogP contribution in [-0.4, -0.2) is 40.7 Å². The molecule has 1 fully saturated rings. The molecular formula is C20H23N3O3. The molecule has 1 aromatic carbocycles. The maximum Gasteiger partial charge on any atom is 0.231 e. The minimum Gasteiger partial charge on any atom is -0.454 e. The molecule has 0 N–H and O–H groups in total. The molecule has 2 aliphatic rings. The molecule has 0 radical (unpaired) electrons. The summed E-state index contributed by atoms with van der Waals surface area (Å²) in [5.41, 5.74) is 2.20. The fraction of sp³-hybridized carbons (Fsp3) is 0.450. The molecule has 2 aliphatic heterocycles. The summed E-state index contributed by atoms with van der Waals surface area (Å²) in [6.07, 6.45) is 8.27. The third-order valence-corrected chi connectivity index (χ3v) is 5.19. The van der Waals surface area contributed by atoms with Crippen molar-refractivity contribution in [1.29, 1.82) is 0 Å². The van der Waals surface area contributed by atoms with Crippen LogP contribution in [0.1, 0.15) is 31.0 Å². The van der Waals surface area contributed by atoms with Crippen molar-refractivity contribution in [1.82, 2.24) is 14.9 Å². The average molecular weight is 353 g/mol. The van der Waals surface area contributed by atoms with E-state index >= 15 is 0 Å². The van der Waals surface area contributed by atoms with Crippen molar-refractivity contribution in [2.24, 2.45) is 5.41 Å². The summed E-state index contributed by atoms with van der Waals surface area (Å²) in [6, 6.07) is 6.13. The van der Waals surface area contributed by atoms with Gasteiger partial charge in [0.05, 0.1) is 5.69 Å². The summed E-state index contributed by atoms with van der Waals surface area (Å²) in [7, 11) is 0.